The molecule has 4 heteroatoms. The zero-order valence-electron chi connectivity index (χ0n) is 13.3. The summed E-state index contributed by atoms with van der Waals surface area (Å²) in [5.41, 5.74) is 3.71. The number of hydrogen-bond donors (Lipinski definition) is 1. The molecule has 0 aliphatic carbocycles. The van der Waals surface area contributed by atoms with Gasteiger partial charge in [0.05, 0.1) is 10.2 Å². The Hall–Kier alpha value is -2.07. The molecule has 4 rings (SSSR count). The van der Waals surface area contributed by atoms with Crippen LogP contribution in [0.1, 0.15) is 18.4 Å². The van der Waals surface area contributed by atoms with E-state index in [2.05, 4.69) is 65.7 Å². The molecule has 0 radical (unpaired) electrons. The Morgan fingerprint density at radius 1 is 1.04 bits per heavy atom. The van der Waals surface area contributed by atoms with E-state index in [4.69, 9.17) is 4.98 Å². The molecule has 0 atom stereocenters. The molecule has 1 aliphatic heterocycles. The van der Waals surface area contributed by atoms with Gasteiger partial charge in [-0.25, -0.2) is 4.98 Å². The average molecular weight is 323 g/mol. The van der Waals surface area contributed by atoms with Gasteiger partial charge < -0.3 is 10.2 Å². The van der Waals surface area contributed by atoms with E-state index in [0.717, 1.165) is 31.4 Å². The number of aromatic nitrogens is 1. The third-order valence-electron chi connectivity index (χ3n) is 4.55. The number of hydrogen-bond acceptors (Lipinski definition) is 4. The number of anilines is 2. The zero-order chi connectivity index (χ0) is 15.6. The molecule has 0 amide bonds. The summed E-state index contributed by atoms with van der Waals surface area (Å²) < 4.78 is 1.28. The van der Waals surface area contributed by atoms with E-state index < -0.39 is 0 Å². The minimum Gasteiger partial charge on any atom is -0.382 e. The van der Waals surface area contributed by atoms with Crippen molar-refractivity contribution in [3.05, 3.63) is 54.1 Å². The van der Waals surface area contributed by atoms with E-state index in [1.54, 1.807) is 11.3 Å². The highest BCUT2D eigenvalue weighted by atomic mass is 32.1. The van der Waals surface area contributed by atoms with E-state index in [9.17, 15) is 0 Å². The molecule has 1 saturated heterocycles. The maximum atomic E-state index is 4.78. The Morgan fingerprint density at radius 3 is 2.57 bits per heavy atom. The van der Waals surface area contributed by atoms with E-state index in [0.29, 0.717) is 6.04 Å². The van der Waals surface area contributed by atoms with E-state index >= 15 is 0 Å². The Balaban J connectivity index is 1.41. The molecule has 1 fully saturated rings. The number of piperidine rings is 1. The van der Waals surface area contributed by atoms with Gasteiger partial charge in [-0.3, -0.25) is 0 Å². The Morgan fingerprint density at radius 2 is 1.78 bits per heavy atom. The molecule has 0 spiro atoms. The van der Waals surface area contributed by atoms with Gasteiger partial charge in [-0.1, -0.05) is 41.7 Å². The normalized spacial score (nSPS) is 16.0. The molecule has 23 heavy (non-hydrogen) atoms. The van der Waals surface area contributed by atoms with Crippen LogP contribution in [-0.2, 0) is 0 Å². The van der Waals surface area contributed by atoms with Crippen LogP contribution < -0.4 is 10.2 Å². The molecule has 0 unspecified atom stereocenters. The zero-order valence-corrected chi connectivity index (χ0v) is 14.1. The molecule has 1 aromatic heterocycles. The summed E-state index contributed by atoms with van der Waals surface area (Å²) >= 11 is 1.81. The molecule has 118 valence electrons. The van der Waals surface area contributed by atoms with Crippen LogP contribution in [-0.4, -0.2) is 24.1 Å². The minimum atomic E-state index is 0.557. The number of fused-ring (bicyclic) bond motifs is 1. The first-order valence-electron chi connectivity index (χ1n) is 8.22. The molecular weight excluding hydrogens is 302 g/mol. The fraction of sp³-hybridized carbons (Fsp3) is 0.316. The predicted octanol–water partition coefficient (Wildman–Crippen LogP) is 4.69. The third-order valence-corrected chi connectivity index (χ3v) is 5.65. The molecule has 3 aromatic rings. The van der Waals surface area contributed by atoms with Crippen LogP contribution in [0.2, 0.25) is 0 Å². The van der Waals surface area contributed by atoms with Gasteiger partial charge in [-0.2, -0.15) is 0 Å². The van der Waals surface area contributed by atoms with Gasteiger partial charge in [0, 0.05) is 24.8 Å². The summed E-state index contributed by atoms with van der Waals surface area (Å²) in [7, 11) is 0. The van der Waals surface area contributed by atoms with Crippen molar-refractivity contribution < 1.29 is 0 Å². The van der Waals surface area contributed by atoms with Crippen molar-refractivity contribution in [1.29, 1.82) is 0 Å². The van der Waals surface area contributed by atoms with Crippen LogP contribution in [0.3, 0.4) is 0 Å². The number of aryl methyl sites for hydroxylation is 1. The topological polar surface area (TPSA) is 28.2 Å². The van der Waals surface area contributed by atoms with Gasteiger partial charge in [0.1, 0.15) is 0 Å². The lowest BCUT2D eigenvalue weighted by molar-refractivity contribution is 0.526. The predicted molar refractivity (Wildman–Crippen MR) is 99.7 cm³/mol. The third kappa shape index (κ3) is 3.04. The van der Waals surface area contributed by atoms with E-state index in [1.807, 2.05) is 0 Å². The molecule has 0 bridgehead atoms. The first-order valence-corrected chi connectivity index (χ1v) is 9.04. The molecule has 1 N–H and O–H groups in total. The quantitative estimate of drug-likeness (QED) is 0.758. The second-order valence-corrected chi connectivity index (χ2v) is 7.19. The highest BCUT2D eigenvalue weighted by Gasteiger charge is 2.21. The molecule has 2 heterocycles. The minimum absolute atomic E-state index is 0.557. The summed E-state index contributed by atoms with van der Waals surface area (Å²) in [4.78, 5) is 7.21. The van der Waals surface area contributed by atoms with Crippen molar-refractivity contribution >= 4 is 32.4 Å². The van der Waals surface area contributed by atoms with Crippen molar-refractivity contribution in [3.8, 4) is 0 Å². The highest BCUT2D eigenvalue weighted by Crippen LogP contribution is 2.30. The molecule has 1 aliphatic rings. The summed E-state index contributed by atoms with van der Waals surface area (Å²) in [5, 5.41) is 4.87. The van der Waals surface area contributed by atoms with Gasteiger partial charge in [-0.05, 0) is 43.5 Å². The summed E-state index contributed by atoms with van der Waals surface area (Å²) in [6.07, 6.45) is 2.31. The number of para-hydroxylation sites is 2. The second-order valence-electron chi connectivity index (χ2n) is 6.18. The lowest BCUT2D eigenvalue weighted by Crippen LogP contribution is -2.39. The maximum Gasteiger partial charge on any atom is 0.186 e. The Kier molecular flexibility index (Phi) is 3.92. The fourth-order valence-corrected chi connectivity index (χ4v) is 4.18. The van der Waals surface area contributed by atoms with Gasteiger partial charge in [0.2, 0.25) is 0 Å². The molecular formula is C19H21N3S. The largest absolute Gasteiger partial charge is 0.382 e. The van der Waals surface area contributed by atoms with Crippen molar-refractivity contribution in [2.24, 2.45) is 0 Å². The lowest BCUT2D eigenvalue weighted by atomic mass is 10.0. The average Bonchev–Trinajstić information content (AvgIpc) is 3.02. The fourth-order valence-electron chi connectivity index (χ4n) is 3.17. The van der Waals surface area contributed by atoms with Crippen LogP contribution >= 0.6 is 11.3 Å². The Labute approximate surface area is 141 Å². The molecule has 0 saturated carbocycles. The standard InChI is InChI=1S/C19H21N3S/c1-14-6-2-3-7-16(14)20-15-10-12-22(13-11-15)19-21-17-8-4-5-9-18(17)23-19/h2-9,15,20H,10-13H2,1H3. The van der Waals surface area contributed by atoms with Gasteiger partial charge >= 0.3 is 0 Å². The lowest BCUT2D eigenvalue weighted by Gasteiger charge is -2.33. The van der Waals surface area contributed by atoms with Crippen molar-refractivity contribution in [1.82, 2.24) is 4.98 Å². The van der Waals surface area contributed by atoms with Crippen molar-refractivity contribution in [2.75, 3.05) is 23.3 Å². The summed E-state index contributed by atoms with van der Waals surface area (Å²) in [6, 6.07) is 17.5. The van der Waals surface area contributed by atoms with Crippen LogP contribution in [0.5, 0.6) is 0 Å². The van der Waals surface area contributed by atoms with Crippen LogP contribution in [0.4, 0.5) is 10.8 Å². The number of nitrogens with one attached hydrogen (secondary N) is 1. The van der Waals surface area contributed by atoms with Gasteiger partial charge in [-0.15, -0.1) is 0 Å². The van der Waals surface area contributed by atoms with Gasteiger partial charge in [0.25, 0.3) is 0 Å². The Bertz CT molecular complexity index is 770. The van der Waals surface area contributed by atoms with Crippen LogP contribution in [0, 0.1) is 6.92 Å². The van der Waals surface area contributed by atoms with Crippen molar-refractivity contribution in [3.63, 3.8) is 0 Å². The van der Waals surface area contributed by atoms with Crippen LogP contribution in [0.25, 0.3) is 10.2 Å². The van der Waals surface area contributed by atoms with E-state index in [1.165, 1.54) is 21.1 Å². The van der Waals surface area contributed by atoms with Gasteiger partial charge in [0.15, 0.2) is 5.13 Å². The molecule has 3 nitrogen and oxygen atoms in total. The summed E-state index contributed by atoms with van der Waals surface area (Å²) in [6.45, 7) is 4.31. The second kappa shape index (κ2) is 6.20. The SMILES string of the molecule is Cc1ccccc1NC1CCN(c2nc3ccccc3s2)CC1. The highest BCUT2D eigenvalue weighted by molar-refractivity contribution is 7.22. The number of rotatable bonds is 3. The first-order chi connectivity index (χ1) is 11.3. The number of nitrogens with zero attached hydrogens (tertiary/aromatic N) is 2. The van der Waals surface area contributed by atoms with Crippen molar-refractivity contribution in [2.45, 2.75) is 25.8 Å². The number of thiazole rings is 1. The van der Waals surface area contributed by atoms with Crippen LogP contribution in [0.15, 0.2) is 48.5 Å². The van der Waals surface area contributed by atoms with E-state index in [-0.39, 0.29) is 0 Å². The smallest absolute Gasteiger partial charge is 0.186 e. The molecule has 2 aromatic carbocycles. The maximum absolute atomic E-state index is 4.78. The monoisotopic (exact) mass is 323 g/mol. The first kappa shape index (κ1) is 14.5. The summed E-state index contributed by atoms with van der Waals surface area (Å²) in [5.74, 6) is 0. The number of benzene rings is 2.